The fraction of sp³-hybridized carbons (Fsp3) is 0.538. The van der Waals surface area contributed by atoms with Gasteiger partial charge in [-0.1, -0.05) is 24.6 Å². The quantitative estimate of drug-likeness (QED) is 0.801. The molecule has 15 heavy (non-hydrogen) atoms. The van der Waals surface area contributed by atoms with E-state index in [1.54, 1.807) is 7.11 Å². The van der Waals surface area contributed by atoms with Crippen LogP contribution >= 0.6 is 0 Å². The van der Waals surface area contributed by atoms with Gasteiger partial charge in [0.1, 0.15) is 5.75 Å². The summed E-state index contributed by atoms with van der Waals surface area (Å²) in [6.45, 7) is 5.54. The summed E-state index contributed by atoms with van der Waals surface area (Å²) in [5.74, 6) is 1.70. The Hall–Kier alpha value is -1.02. The van der Waals surface area contributed by atoms with E-state index in [9.17, 15) is 0 Å². The normalized spacial score (nSPS) is 25.5. The number of rotatable bonds is 2. The molecule has 2 rings (SSSR count). The van der Waals surface area contributed by atoms with Gasteiger partial charge in [-0.05, 0) is 31.9 Å². The SMILES string of the molecule is COc1ccc(C)cc1[C@@H]1NCC[C@H]1C. The zero-order chi connectivity index (χ0) is 10.8. The van der Waals surface area contributed by atoms with Crippen molar-refractivity contribution in [1.29, 1.82) is 0 Å². The van der Waals surface area contributed by atoms with Crippen molar-refractivity contribution in [3.05, 3.63) is 29.3 Å². The lowest BCUT2D eigenvalue weighted by Gasteiger charge is -2.19. The molecule has 0 aromatic heterocycles. The van der Waals surface area contributed by atoms with Crippen molar-refractivity contribution < 1.29 is 4.74 Å². The van der Waals surface area contributed by atoms with Crippen LogP contribution in [0.1, 0.15) is 30.5 Å². The number of aryl methyl sites for hydroxylation is 1. The van der Waals surface area contributed by atoms with Crippen LogP contribution in [0.15, 0.2) is 18.2 Å². The maximum Gasteiger partial charge on any atom is 0.123 e. The lowest BCUT2D eigenvalue weighted by molar-refractivity contribution is 0.394. The minimum Gasteiger partial charge on any atom is -0.496 e. The van der Waals surface area contributed by atoms with Gasteiger partial charge in [0.05, 0.1) is 7.11 Å². The van der Waals surface area contributed by atoms with Crippen molar-refractivity contribution >= 4 is 0 Å². The molecule has 1 fully saturated rings. The molecule has 2 atom stereocenters. The van der Waals surface area contributed by atoms with E-state index < -0.39 is 0 Å². The predicted molar refractivity (Wildman–Crippen MR) is 62.3 cm³/mol. The molecular formula is C13H19NO. The molecule has 2 heteroatoms. The largest absolute Gasteiger partial charge is 0.496 e. The van der Waals surface area contributed by atoms with E-state index in [0.717, 1.165) is 12.3 Å². The van der Waals surface area contributed by atoms with Crippen LogP contribution in [0, 0.1) is 12.8 Å². The summed E-state index contributed by atoms with van der Waals surface area (Å²) in [4.78, 5) is 0. The van der Waals surface area contributed by atoms with Crippen LogP contribution in [0.4, 0.5) is 0 Å². The first-order chi connectivity index (χ1) is 7.22. The number of nitrogens with one attached hydrogen (secondary N) is 1. The van der Waals surface area contributed by atoms with Gasteiger partial charge in [-0.25, -0.2) is 0 Å². The molecule has 0 spiro atoms. The van der Waals surface area contributed by atoms with Crippen LogP contribution in [-0.2, 0) is 0 Å². The molecule has 2 nitrogen and oxygen atoms in total. The third-order valence-corrected chi connectivity index (χ3v) is 3.25. The first-order valence-electron chi connectivity index (χ1n) is 5.60. The Bertz CT molecular complexity index is 348. The van der Waals surface area contributed by atoms with E-state index in [1.165, 1.54) is 17.5 Å². The number of benzene rings is 1. The molecule has 1 heterocycles. The van der Waals surface area contributed by atoms with Gasteiger partial charge in [0.15, 0.2) is 0 Å². The Morgan fingerprint density at radius 1 is 1.40 bits per heavy atom. The standard InChI is InChI=1S/C13H19NO/c1-9-4-5-12(15-3)11(8-9)13-10(2)6-7-14-13/h4-5,8,10,13-14H,6-7H2,1-3H3/t10-,13-/m1/s1. The van der Waals surface area contributed by atoms with Crippen LogP contribution < -0.4 is 10.1 Å². The molecule has 1 aliphatic heterocycles. The molecule has 0 saturated carbocycles. The maximum atomic E-state index is 5.42. The van der Waals surface area contributed by atoms with Gasteiger partial charge in [-0.3, -0.25) is 0 Å². The summed E-state index contributed by atoms with van der Waals surface area (Å²) < 4.78 is 5.42. The first kappa shape index (κ1) is 10.5. The van der Waals surface area contributed by atoms with E-state index in [1.807, 2.05) is 0 Å². The summed E-state index contributed by atoms with van der Waals surface area (Å²) in [7, 11) is 1.74. The Kier molecular flexibility index (Phi) is 2.96. The Balaban J connectivity index is 2.36. The highest BCUT2D eigenvalue weighted by Crippen LogP contribution is 2.35. The van der Waals surface area contributed by atoms with Gasteiger partial charge >= 0.3 is 0 Å². The zero-order valence-corrected chi connectivity index (χ0v) is 9.71. The van der Waals surface area contributed by atoms with Gasteiger partial charge in [0, 0.05) is 11.6 Å². The molecule has 0 aliphatic carbocycles. The van der Waals surface area contributed by atoms with E-state index in [4.69, 9.17) is 4.74 Å². The third kappa shape index (κ3) is 2.00. The van der Waals surface area contributed by atoms with Gasteiger partial charge in [0.2, 0.25) is 0 Å². The van der Waals surface area contributed by atoms with Gasteiger partial charge in [0.25, 0.3) is 0 Å². The van der Waals surface area contributed by atoms with E-state index in [-0.39, 0.29) is 0 Å². The van der Waals surface area contributed by atoms with E-state index in [0.29, 0.717) is 12.0 Å². The molecule has 1 aromatic rings. The summed E-state index contributed by atoms with van der Waals surface area (Å²) in [5, 5.41) is 3.54. The second-order valence-corrected chi connectivity index (χ2v) is 4.44. The smallest absolute Gasteiger partial charge is 0.123 e. The van der Waals surface area contributed by atoms with Gasteiger partial charge in [-0.2, -0.15) is 0 Å². The molecular weight excluding hydrogens is 186 g/mol. The van der Waals surface area contributed by atoms with Crippen LogP contribution in [0.2, 0.25) is 0 Å². The molecule has 1 N–H and O–H groups in total. The van der Waals surface area contributed by atoms with Crippen molar-refractivity contribution in [2.45, 2.75) is 26.3 Å². The van der Waals surface area contributed by atoms with Crippen molar-refractivity contribution in [2.24, 2.45) is 5.92 Å². The number of hydrogen-bond acceptors (Lipinski definition) is 2. The van der Waals surface area contributed by atoms with Crippen LogP contribution in [0.3, 0.4) is 0 Å². The molecule has 0 amide bonds. The summed E-state index contributed by atoms with van der Waals surface area (Å²) in [6, 6.07) is 6.86. The number of hydrogen-bond donors (Lipinski definition) is 1. The van der Waals surface area contributed by atoms with Gasteiger partial charge in [-0.15, -0.1) is 0 Å². The van der Waals surface area contributed by atoms with Crippen LogP contribution in [0.5, 0.6) is 5.75 Å². The molecule has 1 aromatic carbocycles. The summed E-state index contributed by atoms with van der Waals surface area (Å²) >= 11 is 0. The van der Waals surface area contributed by atoms with Crippen LogP contribution in [-0.4, -0.2) is 13.7 Å². The molecule has 1 aliphatic rings. The van der Waals surface area contributed by atoms with Crippen molar-refractivity contribution in [1.82, 2.24) is 5.32 Å². The molecule has 0 radical (unpaired) electrons. The highest BCUT2D eigenvalue weighted by molar-refractivity contribution is 5.39. The Labute approximate surface area is 91.6 Å². The molecule has 1 saturated heterocycles. The molecule has 82 valence electrons. The summed E-state index contributed by atoms with van der Waals surface area (Å²) in [5.41, 5.74) is 2.61. The average molecular weight is 205 g/mol. The minimum absolute atomic E-state index is 0.458. The molecule has 0 bridgehead atoms. The van der Waals surface area contributed by atoms with E-state index in [2.05, 4.69) is 37.4 Å². The number of ether oxygens (including phenoxy) is 1. The predicted octanol–water partition coefficient (Wildman–Crippen LogP) is 2.67. The average Bonchev–Trinajstić information content (AvgIpc) is 2.64. The third-order valence-electron chi connectivity index (χ3n) is 3.25. The highest BCUT2D eigenvalue weighted by atomic mass is 16.5. The topological polar surface area (TPSA) is 21.3 Å². The highest BCUT2D eigenvalue weighted by Gasteiger charge is 2.26. The second-order valence-electron chi connectivity index (χ2n) is 4.44. The lowest BCUT2D eigenvalue weighted by Crippen LogP contribution is -2.17. The number of methoxy groups -OCH3 is 1. The fourth-order valence-corrected chi connectivity index (χ4v) is 2.35. The molecule has 0 unspecified atom stereocenters. The van der Waals surface area contributed by atoms with E-state index >= 15 is 0 Å². The second kappa shape index (κ2) is 4.23. The Morgan fingerprint density at radius 3 is 2.80 bits per heavy atom. The lowest BCUT2D eigenvalue weighted by atomic mass is 9.94. The van der Waals surface area contributed by atoms with Crippen molar-refractivity contribution in [2.75, 3.05) is 13.7 Å². The zero-order valence-electron chi connectivity index (χ0n) is 9.71. The van der Waals surface area contributed by atoms with Crippen molar-refractivity contribution in [3.63, 3.8) is 0 Å². The first-order valence-corrected chi connectivity index (χ1v) is 5.60. The maximum absolute atomic E-state index is 5.42. The minimum atomic E-state index is 0.458. The van der Waals surface area contributed by atoms with Crippen molar-refractivity contribution in [3.8, 4) is 5.75 Å². The fourth-order valence-electron chi connectivity index (χ4n) is 2.35. The van der Waals surface area contributed by atoms with Gasteiger partial charge < -0.3 is 10.1 Å². The summed E-state index contributed by atoms with van der Waals surface area (Å²) in [6.07, 6.45) is 1.25. The monoisotopic (exact) mass is 205 g/mol. The van der Waals surface area contributed by atoms with Crippen LogP contribution in [0.25, 0.3) is 0 Å². The Morgan fingerprint density at radius 2 is 2.20 bits per heavy atom.